The van der Waals surface area contributed by atoms with Crippen LogP contribution in [0.25, 0.3) is 0 Å². The monoisotopic (exact) mass is 448 g/mol. The third-order valence-corrected chi connectivity index (χ3v) is 5.91. The zero-order chi connectivity index (χ0) is 23.9. The van der Waals surface area contributed by atoms with Gasteiger partial charge in [-0.1, -0.05) is 77.2 Å². The number of carbonyl (C=O) groups excluding carboxylic acids is 4. The van der Waals surface area contributed by atoms with Crippen LogP contribution in [-0.2, 0) is 19.2 Å². The molecular formula is C28H48O4. The Hall–Kier alpha value is -1.58. The molecule has 0 heterocycles. The summed E-state index contributed by atoms with van der Waals surface area (Å²) in [5, 5.41) is 0. The molecule has 0 aliphatic heterocycles. The second kappa shape index (κ2) is 22.6. The van der Waals surface area contributed by atoms with Gasteiger partial charge in [-0.25, -0.2) is 0 Å². The minimum absolute atomic E-state index is 0.208. The molecule has 0 atom stereocenters. The van der Waals surface area contributed by atoms with Gasteiger partial charge in [0.25, 0.3) is 0 Å². The molecule has 0 bridgehead atoms. The summed E-state index contributed by atoms with van der Waals surface area (Å²) in [5.41, 5.74) is 0. The van der Waals surface area contributed by atoms with E-state index in [-0.39, 0.29) is 17.3 Å². The highest BCUT2D eigenvalue weighted by Crippen LogP contribution is 2.12. The second-order valence-corrected chi connectivity index (χ2v) is 9.13. The fraction of sp³-hybridized carbons (Fsp3) is 0.786. The predicted molar refractivity (Wildman–Crippen MR) is 133 cm³/mol. The largest absolute Gasteiger partial charge is 0.300 e. The van der Waals surface area contributed by atoms with Crippen molar-refractivity contribution in [3.05, 3.63) is 12.2 Å². The van der Waals surface area contributed by atoms with E-state index >= 15 is 0 Å². The number of Topliss-reactive ketones (excluding diaryl/α,β-unsaturated/α-hetero) is 3. The molecule has 0 aromatic rings. The molecule has 0 aliphatic carbocycles. The van der Waals surface area contributed by atoms with Crippen molar-refractivity contribution in [1.29, 1.82) is 0 Å². The first-order valence-corrected chi connectivity index (χ1v) is 13.2. The second-order valence-electron chi connectivity index (χ2n) is 9.13. The molecule has 0 radical (unpaired) electrons. The first-order valence-electron chi connectivity index (χ1n) is 13.2. The van der Waals surface area contributed by atoms with E-state index in [4.69, 9.17) is 0 Å². The van der Waals surface area contributed by atoms with E-state index in [0.717, 1.165) is 51.4 Å². The molecule has 32 heavy (non-hydrogen) atoms. The molecule has 0 saturated heterocycles. The summed E-state index contributed by atoms with van der Waals surface area (Å²) < 4.78 is 0. The Balaban J connectivity index is 3.45. The Bertz CT molecular complexity index is 548. The quantitative estimate of drug-likeness (QED) is 0.0863. The van der Waals surface area contributed by atoms with Gasteiger partial charge in [0.05, 0.1) is 0 Å². The minimum Gasteiger partial charge on any atom is -0.300 e. The molecule has 0 N–H and O–H groups in total. The summed E-state index contributed by atoms with van der Waals surface area (Å²) >= 11 is 0. The molecule has 0 rings (SSSR count). The number of ketones is 4. The molecule has 0 spiro atoms. The van der Waals surface area contributed by atoms with Crippen LogP contribution < -0.4 is 0 Å². The van der Waals surface area contributed by atoms with Crippen LogP contribution in [0.2, 0.25) is 0 Å². The Morgan fingerprint density at radius 2 is 1.03 bits per heavy atom. The number of allylic oxidation sites excluding steroid dienone is 2. The smallest absolute Gasteiger partial charge is 0.198 e. The van der Waals surface area contributed by atoms with Gasteiger partial charge < -0.3 is 0 Å². The number of hydrogen-bond acceptors (Lipinski definition) is 4. The SMILES string of the molecule is CCCCCCCCCCC=CC(=O)CCCCCC(=O)CCCCCCC(=O)C(C)=O. The van der Waals surface area contributed by atoms with Crippen LogP contribution >= 0.6 is 0 Å². The lowest BCUT2D eigenvalue weighted by Crippen LogP contribution is -2.08. The minimum atomic E-state index is -0.364. The maximum atomic E-state index is 11.9. The van der Waals surface area contributed by atoms with Crippen LogP contribution in [-0.4, -0.2) is 23.1 Å². The molecule has 0 aliphatic rings. The average Bonchev–Trinajstić information content (AvgIpc) is 2.76. The molecule has 0 unspecified atom stereocenters. The van der Waals surface area contributed by atoms with Crippen LogP contribution in [0.5, 0.6) is 0 Å². The summed E-state index contributed by atoms with van der Waals surface area (Å²) in [6, 6.07) is 0. The number of carbonyl (C=O) groups is 4. The van der Waals surface area contributed by atoms with Crippen LogP contribution in [0.3, 0.4) is 0 Å². The Morgan fingerprint density at radius 1 is 0.562 bits per heavy atom. The number of rotatable bonds is 24. The van der Waals surface area contributed by atoms with Crippen LogP contribution in [0, 0.1) is 0 Å². The van der Waals surface area contributed by atoms with Crippen molar-refractivity contribution in [2.75, 3.05) is 0 Å². The highest BCUT2D eigenvalue weighted by Gasteiger charge is 2.07. The molecule has 4 heteroatoms. The molecule has 0 saturated carbocycles. The summed E-state index contributed by atoms with van der Waals surface area (Å²) in [6.07, 6.45) is 23.4. The fourth-order valence-corrected chi connectivity index (χ4v) is 3.75. The molecule has 0 fully saturated rings. The van der Waals surface area contributed by atoms with Crippen LogP contribution in [0.1, 0.15) is 142 Å². The number of hydrogen-bond donors (Lipinski definition) is 0. The summed E-state index contributed by atoms with van der Waals surface area (Å²) in [5.74, 6) is -0.157. The van der Waals surface area contributed by atoms with Gasteiger partial charge in [0.15, 0.2) is 17.3 Å². The Kier molecular flexibility index (Phi) is 21.5. The van der Waals surface area contributed by atoms with Crippen molar-refractivity contribution >= 4 is 23.1 Å². The van der Waals surface area contributed by atoms with E-state index in [1.165, 1.54) is 58.3 Å². The van der Waals surface area contributed by atoms with E-state index in [0.29, 0.717) is 31.5 Å². The van der Waals surface area contributed by atoms with Gasteiger partial charge in [-0.05, 0) is 44.6 Å². The predicted octanol–water partition coefficient (Wildman–Crippen LogP) is 7.66. The van der Waals surface area contributed by atoms with E-state index < -0.39 is 0 Å². The lowest BCUT2D eigenvalue weighted by molar-refractivity contribution is -0.135. The lowest BCUT2D eigenvalue weighted by atomic mass is 10.0. The standard InChI is InChI=1S/C28H48O4/c1-3-4-5-6-7-8-9-10-11-15-20-26(30)22-17-14-18-23-27(31)21-16-12-13-19-24-28(32)25(2)29/h15,20H,3-14,16-19,21-24H2,1-2H3. The van der Waals surface area contributed by atoms with Crippen molar-refractivity contribution in [1.82, 2.24) is 0 Å². The molecule has 184 valence electrons. The normalized spacial score (nSPS) is 11.2. The summed E-state index contributed by atoms with van der Waals surface area (Å²) in [4.78, 5) is 45.8. The molecule has 0 aromatic carbocycles. The van der Waals surface area contributed by atoms with Crippen molar-refractivity contribution in [3.63, 3.8) is 0 Å². The Morgan fingerprint density at radius 3 is 1.62 bits per heavy atom. The highest BCUT2D eigenvalue weighted by molar-refractivity contribution is 6.36. The topological polar surface area (TPSA) is 68.3 Å². The zero-order valence-corrected chi connectivity index (χ0v) is 20.9. The van der Waals surface area contributed by atoms with E-state index in [1.54, 1.807) is 6.08 Å². The van der Waals surface area contributed by atoms with Crippen molar-refractivity contribution in [2.45, 2.75) is 142 Å². The van der Waals surface area contributed by atoms with Gasteiger partial charge in [-0.15, -0.1) is 0 Å². The van der Waals surface area contributed by atoms with Gasteiger partial charge in [0.1, 0.15) is 5.78 Å². The number of unbranched alkanes of at least 4 members (excludes halogenated alkanes) is 13. The van der Waals surface area contributed by atoms with Crippen LogP contribution in [0.4, 0.5) is 0 Å². The summed E-state index contributed by atoms with van der Waals surface area (Å²) in [7, 11) is 0. The Labute approximate surface area is 197 Å². The molecule has 4 nitrogen and oxygen atoms in total. The highest BCUT2D eigenvalue weighted by atomic mass is 16.2. The first-order chi connectivity index (χ1) is 15.5. The fourth-order valence-electron chi connectivity index (χ4n) is 3.75. The van der Waals surface area contributed by atoms with Crippen molar-refractivity contribution in [3.8, 4) is 0 Å². The van der Waals surface area contributed by atoms with Gasteiger partial charge in [-0.2, -0.15) is 0 Å². The third-order valence-electron chi connectivity index (χ3n) is 5.91. The molecule has 0 aromatic heterocycles. The molecular weight excluding hydrogens is 400 g/mol. The lowest BCUT2D eigenvalue weighted by Gasteiger charge is -2.02. The zero-order valence-electron chi connectivity index (χ0n) is 20.9. The maximum Gasteiger partial charge on any atom is 0.198 e. The van der Waals surface area contributed by atoms with Gasteiger partial charge in [0.2, 0.25) is 0 Å². The van der Waals surface area contributed by atoms with Gasteiger partial charge >= 0.3 is 0 Å². The first kappa shape index (κ1) is 30.4. The third kappa shape index (κ3) is 21.6. The maximum absolute atomic E-state index is 11.9. The average molecular weight is 449 g/mol. The van der Waals surface area contributed by atoms with Crippen LogP contribution in [0.15, 0.2) is 12.2 Å². The van der Waals surface area contributed by atoms with Crippen molar-refractivity contribution < 1.29 is 19.2 Å². The van der Waals surface area contributed by atoms with E-state index in [1.807, 2.05) is 6.08 Å². The van der Waals surface area contributed by atoms with Gasteiger partial charge in [-0.3, -0.25) is 19.2 Å². The van der Waals surface area contributed by atoms with Gasteiger partial charge in [0, 0.05) is 32.6 Å². The van der Waals surface area contributed by atoms with E-state index in [2.05, 4.69) is 6.92 Å². The van der Waals surface area contributed by atoms with E-state index in [9.17, 15) is 19.2 Å². The van der Waals surface area contributed by atoms with Crippen molar-refractivity contribution in [2.24, 2.45) is 0 Å². The molecule has 0 amide bonds. The summed E-state index contributed by atoms with van der Waals surface area (Å²) in [6.45, 7) is 3.56.